The zero-order valence-corrected chi connectivity index (χ0v) is 11.3. The van der Waals surface area contributed by atoms with E-state index >= 15 is 0 Å². The molecule has 1 fully saturated rings. The number of aryl methyl sites for hydroxylation is 1. The van der Waals surface area contributed by atoms with Gasteiger partial charge in [0.25, 0.3) is 5.91 Å². The predicted molar refractivity (Wildman–Crippen MR) is 66.9 cm³/mol. The molecule has 1 aromatic rings. The Bertz CT molecular complexity index is 394. The van der Waals surface area contributed by atoms with Crippen molar-refractivity contribution in [2.45, 2.75) is 19.4 Å². The maximum Gasteiger partial charge on any atom is 0.289 e. The molecule has 1 saturated heterocycles. The van der Waals surface area contributed by atoms with Crippen LogP contribution < -0.4 is 5.73 Å². The number of nitrogens with zero attached hydrogens (tertiary/aromatic N) is 1. The molecule has 0 spiro atoms. The number of amides is 1. The Morgan fingerprint density at radius 1 is 1.69 bits per heavy atom. The molecule has 0 unspecified atom stereocenters. The third-order valence-electron chi connectivity index (χ3n) is 2.59. The number of nitrogens with two attached hydrogens (primary N) is 1. The lowest BCUT2D eigenvalue weighted by atomic mass is 10.2. The molecule has 0 saturated carbocycles. The highest BCUT2D eigenvalue weighted by Crippen LogP contribution is 2.22. The minimum absolute atomic E-state index is 0. The molecular weight excluding hydrogens is 295 g/mol. The van der Waals surface area contributed by atoms with E-state index in [1.54, 1.807) is 11.0 Å². The molecule has 2 rings (SSSR count). The zero-order valence-electron chi connectivity index (χ0n) is 8.90. The van der Waals surface area contributed by atoms with Crippen LogP contribution in [0.1, 0.15) is 22.5 Å². The van der Waals surface area contributed by atoms with Crippen LogP contribution in [-0.2, 0) is 0 Å². The number of carbonyl (C=O) groups excluding carboxylic acids is 1. The molecule has 16 heavy (non-hydrogen) atoms. The number of furan rings is 1. The lowest BCUT2D eigenvalue weighted by Crippen LogP contribution is -2.31. The molecule has 1 aliphatic rings. The summed E-state index contributed by atoms with van der Waals surface area (Å²) < 4.78 is 5.90. The van der Waals surface area contributed by atoms with Crippen molar-refractivity contribution in [3.63, 3.8) is 0 Å². The molecule has 2 heterocycles. The van der Waals surface area contributed by atoms with Crippen molar-refractivity contribution in [2.75, 3.05) is 13.1 Å². The van der Waals surface area contributed by atoms with Crippen molar-refractivity contribution < 1.29 is 9.21 Å². The number of carbonyl (C=O) groups is 1. The summed E-state index contributed by atoms with van der Waals surface area (Å²) in [5, 5.41) is 0. The Labute approximate surface area is 109 Å². The van der Waals surface area contributed by atoms with E-state index in [0.717, 1.165) is 18.5 Å². The molecule has 1 amide bonds. The Balaban J connectivity index is 0.00000128. The second-order valence-electron chi connectivity index (χ2n) is 3.86. The van der Waals surface area contributed by atoms with E-state index in [0.29, 0.717) is 17.0 Å². The molecular formula is C10H14BrClN2O2. The van der Waals surface area contributed by atoms with E-state index in [1.807, 2.05) is 6.92 Å². The molecule has 1 aromatic heterocycles. The third kappa shape index (κ3) is 2.59. The van der Waals surface area contributed by atoms with E-state index < -0.39 is 0 Å². The molecule has 6 heteroatoms. The first-order chi connectivity index (χ1) is 7.08. The van der Waals surface area contributed by atoms with Crippen molar-refractivity contribution >= 4 is 34.2 Å². The van der Waals surface area contributed by atoms with Crippen molar-refractivity contribution in [3.8, 4) is 0 Å². The highest BCUT2D eigenvalue weighted by molar-refractivity contribution is 9.10. The number of likely N-dealkylation sites (tertiary alicyclic amines) is 1. The molecule has 0 aliphatic carbocycles. The molecule has 0 radical (unpaired) electrons. The lowest BCUT2D eigenvalue weighted by Gasteiger charge is -2.14. The van der Waals surface area contributed by atoms with Gasteiger partial charge in [-0.15, -0.1) is 12.4 Å². The van der Waals surface area contributed by atoms with Gasteiger partial charge >= 0.3 is 0 Å². The molecule has 4 nitrogen and oxygen atoms in total. The minimum atomic E-state index is -0.0637. The maximum absolute atomic E-state index is 12.0. The Morgan fingerprint density at radius 2 is 2.38 bits per heavy atom. The Morgan fingerprint density at radius 3 is 2.81 bits per heavy atom. The fourth-order valence-electron chi connectivity index (χ4n) is 1.77. The largest absolute Gasteiger partial charge is 0.444 e. The van der Waals surface area contributed by atoms with Crippen LogP contribution in [-0.4, -0.2) is 29.9 Å². The second kappa shape index (κ2) is 5.21. The molecule has 0 aromatic carbocycles. The van der Waals surface area contributed by atoms with Gasteiger partial charge in [0.05, 0.1) is 0 Å². The van der Waals surface area contributed by atoms with E-state index in [2.05, 4.69) is 15.9 Å². The van der Waals surface area contributed by atoms with Gasteiger partial charge in [0, 0.05) is 24.7 Å². The van der Waals surface area contributed by atoms with Crippen LogP contribution in [0.25, 0.3) is 0 Å². The molecule has 0 bridgehead atoms. The molecule has 1 aliphatic heterocycles. The van der Waals surface area contributed by atoms with Gasteiger partial charge in [-0.1, -0.05) is 0 Å². The average Bonchev–Trinajstić information content (AvgIpc) is 2.71. The summed E-state index contributed by atoms with van der Waals surface area (Å²) in [7, 11) is 0. The lowest BCUT2D eigenvalue weighted by molar-refractivity contribution is 0.0757. The first-order valence-corrected chi connectivity index (χ1v) is 5.68. The standard InChI is InChI=1S/C10H13BrN2O2.ClH/c1-6-4-8(11)15-9(6)10(14)13-3-2-7(12)5-13;/h4,7H,2-3,5,12H2,1H3;1H/t7-;/m0./s1. The van der Waals surface area contributed by atoms with E-state index in [-0.39, 0.29) is 24.4 Å². The number of rotatable bonds is 1. The van der Waals surface area contributed by atoms with Gasteiger partial charge in [-0.25, -0.2) is 0 Å². The number of halogens is 2. The summed E-state index contributed by atoms with van der Waals surface area (Å²) >= 11 is 3.21. The van der Waals surface area contributed by atoms with Gasteiger partial charge in [-0.3, -0.25) is 4.79 Å². The van der Waals surface area contributed by atoms with E-state index in [9.17, 15) is 4.79 Å². The second-order valence-corrected chi connectivity index (χ2v) is 4.64. The van der Waals surface area contributed by atoms with Crippen LogP contribution in [0.5, 0.6) is 0 Å². The minimum Gasteiger partial charge on any atom is -0.444 e. The number of hydrogen-bond acceptors (Lipinski definition) is 3. The predicted octanol–water partition coefficient (Wildman–Crippen LogP) is 1.95. The van der Waals surface area contributed by atoms with Crippen molar-refractivity contribution in [1.29, 1.82) is 0 Å². The van der Waals surface area contributed by atoms with Crippen LogP contribution in [0, 0.1) is 6.92 Å². The SMILES string of the molecule is Cc1cc(Br)oc1C(=O)N1CC[C@H](N)C1.Cl. The Hall–Kier alpha value is -0.520. The monoisotopic (exact) mass is 308 g/mol. The number of hydrogen-bond donors (Lipinski definition) is 1. The summed E-state index contributed by atoms with van der Waals surface area (Å²) in [6, 6.07) is 1.90. The van der Waals surface area contributed by atoms with Gasteiger partial charge < -0.3 is 15.1 Å². The average molecular weight is 310 g/mol. The fraction of sp³-hybridized carbons (Fsp3) is 0.500. The first-order valence-electron chi connectivity index (χ1n) is 4.88. The van der Waals surface area contributed by atoms with Gasteiger partial charge in [0.15, 0.2) is 10.4 Å². The van der Waals surface area contributed by atoms with Gasteiger partial charge in [-0.05, 0) is 35.3 Å². The molecule has 90 valence electrons. The van der Waals surface area contributed by atoms with E-state index in [1.165, 1.54) is 0 Å². The van der Waals surface area contributed by atoms with Crippen molar-refractivity contribution in [2.24, 2.45) is 5.73 Å². The zero-order chi connectivity index (χ0) is 11.0. The topological polar surface area (TPSA) is 59.5 Å². The highest BCUT2D eigenvalue weighted by atomic mass is 79.9. The Kier molecular flexibility index (Phi) is 4.41. The van der Waals surface area contributed by atoms with Crippen LogP contribution in [0.15, 0.2) is 15.2 Å². The summed E-state index contributed by atoms with van der Waals surface area (Å²) in [5.41, 5.74) is 6.60. The maximum atomic E-state index is 12.0. The first kappa shape index (κ1) is 13.5. The van der Waals surface area contributed by atoms with Gasteiger partial charge in [0.2, 0.25) is 0 Å². The quantitative estimate of drug-likeness (QED) is 0.862. The van der Waals surface area contributed by atoms with E-state index in [4.69, 9.17) is 10.2 Å². The summed E-state index contributed by atoms with van der Waals surface area (Å²) in [6.07, 6.45) is 0.868. The third-order valence-corrected chi connectivity index (χ3v) is 2.98. The van der Waals surface area contributed by atoms with Gasteiger partial charge in [0.1, 0.15) is 0 Å². The van der Waals surface area contributed by atoms with Gasteiger partial charge in [-0.2, -0.15) is 0 Å². The normalized spacial score (nSPS) is 19.7. The molecule has 1 atom stereocenters. The van der Waals surface area contributed by atoms with Crippen molar-refractivity contribution in [3.05, 3.63) is 22.1 Å². The van der Waals surface area contributed by atoms with Crippen LogP contribution in [0.2, 0.25) is 0 Å². The molecule has 2 N–H and O–H groups in total. The summed E-state index contributed by atoms with van der Waals surface area (Å²) in [4.78, 5) is 13.7. The van der Waals surface area contributed by atoms with Crippen molar-refractivity contribution in [1.82, 2.24) is 4.90 Å². The van der Waals surface area contributed by atoms with Crippen LogP contribution in [0.4, 0.5) is 0 Å². The highest BCUT2D eigenvalue weighted by Gasteiger charge is 2.27. The summed E-state index contributed by atoms with van der Waals surface area (Å²) in [6.45, 7) is 3.20. The van der Waals surface area contributed by atoms with Crippen LogP contribution in [0.3, 0.4) is 0 Å². The summed E-state index contributed by atoms with van der Waals surface area (Å²) in [5.74, 6) is 0.349. The fourth-order valence-corrected chi connectivity index (χ4v) is 2.28. The smallest absolute Gasteiger partial charge is 0.289 e. The van der Waals surface area contributed by atoms with Crippen LogP contribution >= 0.6 is 28.3 Å².